The van der Waals surface area contributed by atoms with Gasteiger partial charge in [0.25, 0.3) is 5.69 Å². The number of nitro groups is 1. The van der Waals surface area contributed by atoms with Gasteiger partial charge in [0.15, 0.2) is 5.78 Å². The Morgan fingerprint density at radius 2 is 2.05 bits per heavy atom. The maximum atomic E-state index is 11.3. The number of rotatable bonds is 8. The molecule has 0 atom stereocenters. The van der Waals surface area contributed by atoms with Gasteiger partial charge in [0.05, 0.1) is 23.2 Å². The molecule has 1 rings (SSSR count). The Bertz CT molecular complexity index is 484. The van der Waals surface area contributed by atoms with Gasteiger partial charge in [-0.2, -0.15) is 0 Å². The SMILES string of the molecule is CC(=O)c1ccc(OCCOCC(C)C)cc1[N+](=O)[O-]. The van der Waals surface area contributed by atoms with Crippen molar-refractivity contribution in [3.63, 3.8) is 0 Å². The minimum atomic E-state index is -0.584. The van der Waals surface area contributed by atoms with Crippen molar-refractivity contribution in [1.82, 2.24) is 0 Å². The molecule has 0 aromatic heterocycles. The smallest absolute Gasteiger partial charge is 0.283 e. The van der Waals surface area contributed by atoms with Crippen LogP contribution in [0.25, 0.3) is 0 Å². The van der Waals surface area contributed by atoms with E-state index in [9.17, 15) is 14.9 Å². The van der Waals surface area contributed by atoms with Gasteiger partial charge < -0.3 is 9.47 Å². The molecule has 6 heteroatoms. The summed E-state index contributed by atoms with van der Waals surface area (Å²) in [7, 11) is 0. The number of hydrogen-bond donors (Lipinski definition) is 0. The summed E-state index contributed by atoms with van der Waals surface area (Å²) in [5, 5.41) is 10.9. The molecule has 6 nitrogen and oxygen atoms in total. The third-order valence-corrected chi connectivity index (χ3v) is 2.49. The van der Waals surface area contributed by atoms with E-state index in [0.29, 0.717) is 31.5 Å². The van der Waals surface area contributed by atoms with Gasteiger partial charge in [0.1, 0.15) is 12.4 Å². The van der Waals surface area contributed by atoms with E-state index in [0.717, 1.165) is 0 Å². The molecule has 0 heterocycles. The van der Waals surface area contributed by atoms with Crippen molar-refractivity contribution in [2.75, 3.05) is 19.8 Å². The summed E-state index contributed by atoms with van der Waals surface area (Å²) < 4.78 is 10.7. The quantitative estimate of drug-likeness (QED) is 0.317. The normalized spacial score (nSPS) is 10.6. The van der Waals surface area contributed by atoms with Gasteiger partial charge in [-0.1, -0.05) is 13.8 Å². The number of benzene rings is 1. The molecule has 20 heavy (non-hydrogen) atoms. The number of hydrogen-bond acceptors (Lipinski definition) is 5. The van der Waals surface area contributed by atoms with Crippen LogP contribution in [0.2, 0.25) is 0 Å². The lowest BCUT2D eigenvalue weighted by molar-refractivity contribution is -0.385. The van der Waals surface area contributed by atoms with Crippen LogP contribution in [-0.4, -0.2) is 30.5 Å². The van der Waals surface area contributed by atoms with Gasteiger partial charge in [-0.3, -0.25) is 14.9 Å². The minimum absolute atomic E-state index is 0.0819. The first-order chi connectivity index (χ1) is 9.41. The number of carbonyl (C=O) groups excluding carboxylic acids is 1. The molecule has 0 radical (unpaired) electrons. The van der Waals surface area contributed by atoms with Crippen LogP contribution in [0, 0.1) is 16.0 Å². The van der Waals surface area contributed by atoms with Gasteiger partial charge in [0.2, 0.25) is 0 Å². The van der Waals surface area contributed by atoms with Crippen molar-refractivity contribution in [2.45, 2.75) is 20.8 Å². The van der Waals surface area contributed by atoms with Crippen molar-refractivity contribution in [1.29, 1.82) is 0 Å². The van der Waals surface area contributed by atoms with E-state index in [1.54, 1.807) is 6.07 Å². The van der Waals surface area contributed by atoms with Gasteiger partial charge in [-0.05, 0) is 25.0 Å². The average molecular weight is 281 g/mol. The van der Waals surface area contributed by atoms with Crippen LogP contribution >= 0.6 is 0 Å². The molecule has 0 aliphatic rings. The van der Waals surface area contributed by atoms with Gasteiger partial charge in [-0.25, -0.2) is 0 Å². The zero-order valence-electron chi connectivity index (χ0n) is 11.9. The molecule has 0 unspecified atom stereocenters. The van der Waals surface area contributed by atoms with Crippen LogP contribution in [0.3, 0.4) is 0 Å². The van der Waals surface area contributed by atoms with E-state index in [-0.39, 0.29) is 17.0 Å². The van der Waals surface area contributed by atoms with E-state index < -0.39 is 4.92 Å². The fourth-order valence-corrected chi connectivity index (χ4v) is 1.59. The summed E-state index contributed by atoms with van der Waals surface area (Å²) in [6.07, 6.45) is 0. The molecule has 1 aromatic carbocycles. The Morgan fingerprint density at radius 3 is 2.60 bits per heavy atom. The van der Waals surface area contributed by atoms with Crippen LogP contribution in [-0.2, 0) is 4.74 Å². The van der Waals surface area contributed by atoms with Crippen LogP contribution < -0.4 is 4.74 Å². The summed E-state index contributed by atoms with van der Waals surface area (Å²) in [5.41, 5.74) is -0.156. The topological polar surface area (TPSA) is 78.7 Å². The van der Waals surface area contributed by atoms with E-state index in [2.05, 4.69) is 0 Å². The Balaban J connectivity index is 2.61. The number of ether oxygens (including phenoxy) is 2. The van der Waals surface area contributed by atoms with E-state index in [4.69, 9.17) is 9.47 Å². The number of Topliss-reactive ketones (excluding diaryl/α,β-unsaturated/α-hetero) is 1. The molecule has 0 amide bonds. The molecule has 0 spiro atoms. The zero-order chi connectivity index (χ0) is 15.1. The van der Waals surface area contributed by atoms with Crippen LogP contribution in [0.15, 0.2) is 18.2 Å². The molecule has 0 saturated heterocycles. The highest BCUT2D eigenvalue weighted by Crippen LogP contribution is 2.25. The maximum Gasteiger partial charge on any atom is 0.283 e. The molecule has 0 fully saturated rings. The standard InChI is InChI=1S/C14H19NO5/c1-10(2)9-19-6-7-20-12-4-5-13(11(3)16)14(8-12)15(17)18/h4-5,8,10H,6-7,9H2,1-3H3. The number of nitrogens with zero attached hydrogens (tertiary/aromatic N) is 1. The van der Waals surface area contributed by atoms with Gasteiger partial charge in [0, 0.05) is 6.61 Å². The van der Waals surface area contributed by atoms with Gasteiger partial charge >= 0.3 is 0 Å². The van der Waals surface area contributed by atoms with Crippen LogP contribution in [0.4, 0.5) is 5.69 Å². The maximum absolute atomic E-state index is 11.3. The lowest BCUT2D eigenvalue weighted by Gasteiger charge is -2.09. The number of ketones is 1. The van der Waals surface area contributed by atoms with Crippen molar-refractivity contribution < 1.29 is 19.2 Å². The molecule has 0 aliphatic carbocycles. The minimum Gasteiger partial charge on any atom is -0.491 e. The van der Waals surface area contributed by atoms with E-state index in [1.165, 1.54) is 19.1 Å². The number of carbonyl (C=O) groups is 1. The average Bonchev–Trinajstić information content (AvgIpc) is 2.37. The summed E-state index contributed by atoms with van der Waals surface area (Å²) in [4.78, 5) is 21.6. The fourth-order valence-electron chi connectivity index (χ4n) is 1.59. The molecule has 110 valence electrons. The van der Waals surface area contributed by atoms with Gasteiger partial charge in [-0.15, -0.1) is 0 Å². The van der Waals surface area contributed by atoms with E-state index in [1.807, 2.05) is 13.8 Å². The van der Waals surface area contributed by atoms with Crippen molar-refractivity contribution in [3.8, 4) is 5.75 Å². The second-order valence-electron chi connectivity index (χ2n) is 4.81. The second-order valence-corrected chi connectivity index (χ2v) is 4.81. The Hall–Kier alpha value is -1.95. The lowest BCUT2D eigenvalue weighted by Crippen LogP contribution is -2.10. The van der Waals surface area contributed by atoms with Crippen molar-refractivity contribution >= 4 is 11.5 Å². The second kappa shape index (κ2) is 7.59. The highest BCUT2D eigenvalue weighted by molar-refractivity contribution is 5.98. The first-order valence-electron chi connectivity index (χ1n) is 6.41. The largest absolute Gasteiger partial charge is 0.491 e. The third-order valence-electron chi connectivity index (χ3n) is 2.49. The van der Waals surface area contributed by atoms with Crippen molar-refractivity contribution in [3.05, 3.63) is 33.9 Å². The summed E-state index contributed by atoms with van der Waals surface area (Å²) >= 11 is 0. The Kier molecular flexibility index (Phi) is 6.11. The van der Waals surface area contributed by atoms with Crippen LogP contribution in [0.5, 0.6) is 5.75 Å². The predicted molar refractivity (Wildman–Crippen MR) is 74.3 cm³/mol. The highest BCUT2D eigenvalue weighted by Gasteiger charge is 2.18. The summed E-state index contributed by atoms with van der Waals surface area (Å²) in [5.74, 6) is 0.462. The molecule has 0 saturated carbocycles. The molecule has 1 aromatic rings. The molecular weight excluding hydrogens is 262 g/mol. The van der Waals surface area contributed by atoms with Crippen molar-refractivity contribution in [2.24, 2.45) is 5.92 Å². The molecular formula is C14H19NO5. The first kappa shape index (κ1) is 16.1. The summed E-state index contributed by atoms with van der Waals surface area (Å²) in [6.45, 7) is 6.76. The zero-order valence-corrected chi connectivity index (χ0v) is 11.9. The first-order valence-corrected chi connectivity index (χ1v) is 6.41. The molecule has 0 bridgehead atoms. The molecule has 0 aliphatic heterocycles. The highest BCUT2D eigenvalue weighted by atomic mass is 16.6. The third kappa shape index (κ3) is 4.97. The van der Waals surface area contributed by atoms with Crippen LogP contribution in [0.1, 0.15) is 31.1 Å². The van der Waals surface area contributed by atoms with E-state index >= 15 is 0 Å². The monoisotopic (exact) mass is 281 g/mol. The summed E-state index contributed by atoms with van der Waals surface area (Å²) in [6, 6.07) is 4.22. The fraction of sp³-hybridized carbons (Fsp3) is 0.500. The lowest BCUT2D eigenvalue weighted by atomic mass is 10.1. The Morgan fingerprint density at radius 1 is 1.35 bits per heavy atom. The number of nitro benzene ring substituents is 1. The molecule has 0 N–H and O–H groups in total. The Labute approximate surface area is 117 Å². The predicted octanol–water partition coefficient (Wildman–Crippen LogP) is 2.85.